The maximum atomic E-state index is 14.0. The molecule has 0 saturated heterocycles. The van der Waals surface area contributed by atoms with Crippen molar-refractivity contribution in [3.63, 3.8) is 0 Å². The molecule has 0 bridgehead atoms. The van der Waals surface area contributed by atoms with E-state index in [2.05, 4.69) is 0 Å². The lowest BCUT2D eigenvalue weighted by molar-refractivity contribution is 0.0729. The molecule has 0 aliphatic heterocycles. The van der Waals surface area contributed by atoms with Gasteiger partial charge in [-0.25, -0.2) is 4.79 Å². The second kappa shape index (κ2) is 10.8. The van der Waals surface area contributed by atoms with Crippen LogP contribution >= 0.6 is 0 Å². The van der Waals surface area contributed by atoms with E-state index < -0.39 is 33.4 Å². The Hall–Kier alpha value is -3.80. The molecule has 3 rings (SSSR count). The predicted octanol–water partition coefficient (Wildman–Crippen LogP) is 8.44. The van der Waals surface area contributed by atoms with E-state index in [1.807, 2.05) is 83.1 Å². The molecule has 0 aliphatic carbocycles. The molecular formula is C36H46O6. The van der Waals surface area contributed by atoms with Crippen molar-refractivity contribution in [3.8, 4) is 23.0 Å². The molecule has 42 heavy (non-hydrogen) atoms. The summed E-state index contributed by atoms with van der Waals surface area (Å²) in [5.41, 5.74) is 0.0843. The van der Waals surface area contributed by atoms with Crippen molar-refractivity contribution >= 4 is 11.8 Å². The maximum absolute atomic E-state index is 14.0. The third kappa shape index (κ3) is 6.48. The molecule has 6 heteroatoms. The van der Waals surface area contributed by atoms with Crippen molar-refractivity contribution in [1.29, 1.82) is 0 Å². The Labute approximate surface area is 250 Å². The molecule has 0 spiro atoms. The fourth-order valence-electron chi connectivity index (χ4n) is 5.06. The number of carbonyl (C=O) groups is 2. The van der Waals surface area contributed by atoms with E-state index in [9.17, 15) is 24.9 Å². The molecule has 0 heterocycles. The lowest BCUT2D eigenvalue weighted by Gasteiger charge is -2.31. The van der Waals surface area contributed by atoms with Gasteiger partial charge in [-0.3, -0.25) is 4.79 Å². The monoisotopic (exact) mass is 574 g/mol. The molecule has 0 unspecified atom stereocenters. The molecule has 0 amide bonds. The first kappa shape index (κ1) is 32.7. The van der Waals surface area contributed by atoms with Gasteiger partial charge in [-0.15, -0.1) is 0 Å². The Kier molecular flexibility index (Phi) is 8.41. The number of phenolic OH excluding ortho intramolecular Hbond substituents is 3. The van der Waals surface area contributed by atoms with Gasteiger partial charge in [0.15, 0.2) is 0 Å². The van der Waals surface area contributed by atoms with Crippen LogP contribution in [0, 0.1) is 0 Å². The zero-order valence-corrected chi connectivity index (χ0v) is 27.1. The van der Waals surface area contributed by atoms with Crippen molar-refractivity contribution in [1.82, 2.24) is 0 Å². The quantitative estimate of drug-likeness (QED) is 0.164. The van der Waals surface area contributed by atoms with Crippen molar-refractivity contribution in [2.45, 2.75) is 105 Å². The highest BCUT2D eigenvalue weighted by molar-refractivity contribution is 6.13. The van der Waals surface area contributed by atoms with E-state index in [4.69, 9.17) is 4.74 Å². The summed E-state index contributed by atoms with van der Waals surface area (Å²) in [7, 11) is 0. The van der Waals surface area contributed by atoms with Crippen molar-refractivity contribution in [2.75, 3.05) is 0 Å². The summed E-state index contributed by atoms with van der Waals surface area (Å²) in [6.07, 6.45) is 0. The molecular weight excluding hydrogens is 528 g/mol. The topological polar surface area (TPSA) is 104 Å². The van der Waals surface area contributed by atoms with Gasteiger partial charge in [-0.2, -0.15) is 0 Å². The highest BCUT2D eigenvalue weighted by atomic mass is 16.5. The lowest BCUT2D eigenvalue weighted by atomic mass is 9.77. The molecule has 3 aromatic rings. The minimum Gasteiger partial charge on any atom is -0.507 e. The summed E-state index contributed by atoms with van der Waals surface area (Å²) in [6, 6.07) is 11.0. The number of aromatic hydroxyl groups is 3. The highest BCUT2D eigenvalue weighted by Crippen LogP contribution is 2.48. The Bertz CT molecular complexity index is 1500. The normalized spacial score (nSPS) is 12.8. The molecule has 0 atom stereocenters. The smallest absolute Gasteiger partial charge is 0.343 e. The first-order valence-corrected chi connectivity index (χ1v) is 14.3. The Balaban J connectivity index is 2.39. The fraction of sp³-hybridized carbons (Fsp3) is 0.444. The van der Waals surface area contributed by atoms with Gasteiger partial charge in [-0.1, -0.05) is 95.2 Å². The molecule has 0 aromatic heterocycles. The van der Waals surface area contributed by atoms with Crippen LogP contribution in [0.5, 0.6) is 23.0 Å². The lowest BCUT2D eigenvalue weighted by Crippen LogP contribution is -2.24. The molecule has 0 radical (unpaired) electrons. The Morgan fingerprint density at radius 1 is 0.595 bits per heavy atom. The summed E-state index contributed by atoms with van der Waals surface area (Å²) in [5.74, 6) is -1.46. The minimum absolute atomic E-state index is 0.0508. The van der Waals surface area contributed by atoms with Crippen LogP contribution in [0.2, 0.25) is 0 Å². The van der Waals surface area contributed by atoms with Crippen molar-refractivity contribution in [2.24, 2.45) is 0 Å². The number of esters is 1. The van der Waals surface area contributed by atoms with Gasteiger partial charge in [-0.05, 0) is 52.0 Å². The first-order valence-electron chi connectivity index (χ1n) is 14.3. The third-order valence-electron chi connectivity index (χ3n) is 7.36. The van der Waals surface area contributed by atoms with Gasteiger partial charge < -0.3 is 20.1 Å². The van der Waals surface area contributed by atoms with Gasteiger partial charge in [0, 0.05) is 22.3 Å². The molecule has 3 N–H and O–H groups in total. The zero-order chi connectivity index (χ0) is 32.2. The summed E-state index contributed by atoms with van der Waals surface area (Å²) < 4.78 is 6.11. The Morgan fingerprint density at radius 3 is 1.48 bits per heavy atom. The van der Waals surface area contributed by atoms with E-state index in [1.54, 1.807) is 30.3 Å². The van der Waals surface area contributed by atoms with E-state index in [1.165, 1.54) is 12.1 Å². The number of benzene rings is 3. The maximum Gasteiger partial charge on any atom is 0.343 e. The van der Waals surface area contributed by atoms with Crippen molar-refractivity contribution in [3.05, 3.63) is 81.4 Å². The standard InChI is InChI=1S/C36H46O6/c1-33(2,3)23-17-20(18-24(29(23)39)34(4,5)6)32(41)42-31-22(28(38)21-15-13-14-16-26(21)37)19-25(35(7,8)9)30(40)27(31)36(10,11)12/h13-19,37,39-40H,1-12H3. The van der Waals surface area contributed by atoms with E-state index in [0.29, 0.717) is 22.3 Å². The summed E-state index contributed by atoms with van der Waals surface area (Å²) >= 11 is 0. The summed E-state index contributed by atoms with van der Waals surface area (Å²) in [5, 5.41) is 33.3. The Morgan fingerprint density at radius 2 is 1.05 bits per heavy atom. The highest BCUT2D eigenvalue weighted by Gasteiger charge is 2.36. The summed E-state index contributed by atoms with van der Waals surface area (Å²) in [6.45, 7) is 23.1. The first-order chi connectivity index (χ1) is 19.0. The van der Waals surface area contributed by atoms with Gasteiger partial charge in [0.1, 0.15) is 23.0 Å². The number of hydrogen-bond donors (Lipinski definition) is 3. The average molecular weight is 575 g/mol. The minimum atomic E-state index is -0.739. The molecule has 0 saturated carbocycles. The summed E-state index contributed by atoms with van der Waals surface area (Å²) in [4.78, 5) is 28.0. The van der Waals surface area contributed by atoms with Crippen LogP contribution in [0.1, 0.15) is 132 Å². The second-order valence-corrected chi connectivity index (χ2v) is 15.2. The number of rotatable bonds is 4. The van der Waals surface area contributed by atoms with Crippen molar-refractivity contribution < 1.29 is 29.6 Å². The number of para-hydroxylation sites is 1. The number of carbonyl (C=O) groups excluding carboxylic acids is 2. The van der Waals surface area contributed by atoms with Gasteiger partial charge >= 0.3 is 5.97 Å². The van der Waals surface area contributed by atoms with E-state index >= 15 is 0 Å². The van der Waals surface area contributed by atoms with Crippen LogP contribution in [-0.2, 0) is 21.7 Å². The van der Waals surface area contributed by atoms with Gasteiger partial charge in [0.2, 0.25) is 5.78 Å². The number of phenols is 3. The van der Waals surface area contributed by atoms with Crippen LogP contribution in [-0.4, -0.2) is 27.1 Å². The third-order valence-corrected chi connectivity index (χ3v) is 7.36. The van der Waals surface area contributed by atoms with Crippen LogP contribution in [0.15, 0.2) is 42.5 Å². The molecule has 6 nitrogen and oxygen atoms in total. The number of ketones is 1. The van der Waals surface area contributed by atoms with Gasteiger partial charge in [0.05, 0.1) is 16.7 Å². The fourth-order valence-corrected chi connectivity index (χ4v) is 5.06. The van der Waals surface area contributed by atoms with Crippen LogP contribution < -0.4 is 4.74 Å². The predicted molar refractivity (Wildman–Crippen MR) is 168 cm³/mol. The van der Waals surface area contributed by atoms with Crippen LogP contribution in [0.25, 0.3) is 0 Å². The molecule has 3 aromatic carbocycles. The molecule has 0 fully saturated rings. The van der Waals surface area contributed by atoms with E-state index in [0.717, 1.165) is 0 Å². The van der Waals surface area contributed by atoms with Gasteiger partial charge in [0.25, 0.3) is 0 Å². The zero-order valence-electron chi connectivity index (χ0n) is 27.1. The second-order valence-electron chi connectivity index (χ2n) is 15.2. The number of ether oxygens (including phenoxy) is 1. The number of hydrogen-bond acceptors (Lipinski definition) is 6. The largest absolute Gasteiger partial charge is 0.507 e. The molecule has 0 aliphatic rings. The average Bonchev–Trinajstić information content (AvgIpc) is 2.81. The van der Waals surface area contributed by atoms with E-state index in [-0.39, 0.29) is 39.7 Å². The SMILES string of the molecule is CC(C)(C)c1cc(C(=O)Oc2c(C(=O)c3ccccc3O)cc(C(C)(C)C)c(O)c2C(C)(C)C)cc(C(C)(C)C)c1O. The van der Waals surface area contributed by atoms with Crippen LogP contribution in [0.3, 0.4) is 0 Å². The molecule has 226 valence electrons. The van der Waals surface area contributed by atoms with Crippen LogP contribution in [0.4, 0.5) is 0 Å².